The lowest BCUT2D eigenvalue weighted by molar-refractivity contribution is -0.156. The van der Waals surface area contributed by atoms with Gasteiger partial charge in [-0.2, -0.15) is 0 Å². The lowest BCUT2D eigenvalue weighted by Crippen LogP contribution is -2.51. The fourth-order valence-corrected chi connectivity index (χ4v) is 9.27. The monoisotopic (exact) mass is 766 g/mol. The molecule has 3 aromatic carbocycles. The van der Waals surface area contributed by atoms with Crippen molar-refractivity contribution in [1.82, 2.24) is 0 Å². The van der Waals surface area contributed by atoms with Crippen molar-refractivity contribution < 1.29 is 48.8 Å². The number of aliphatic hydroxyl groups is 3. The van der Waals surface area contributed by atoms with Gasteiger partial charge in [-0.25, -0.2) is 0 Å². The van der Waals surface area contributed by atoms with Crippen molar-refractivity contribution in [2.75, 3.05) is 14.2 Å². The minimum absolute atomic E-state index is 0.176. The van der Waals surface area contributed by atoms with E-state index in [1.54, 1.807) is 48.5 Å². The van der Waals surface area contributed by atoms with Gasteiger partial charge in [-0.1, -0.05) is 106 Å². The van der Waals surface area contributed by atoms with E-state index in [-0.39, 0.29) is 30.1 Å². The predicted octanol–water partition coefficient (Wildman–Crippen LogP) is 6.55. The van der Waals surface area contributed by atoms with Crippen LogP contribution in [0.1, 0.15) is 137 Å². The molecule has 3 saturated carbocycles. The molecule has 0 radical (unpaired) electrons. The first kappa shape index (κ1) is 41.1. The fraction of sp³-hybridized carbons (Fsp3) is 0.500. The van der Waals surface area contributed by atoms with Gasteiger partial charge in [-0.3, -0.25) is 24.0 Å². The molecular weight excluding hydrogens is 712 g/mol. The zero-order valence-electron chi connectivity index (χ0n) is 32.7. The molecule has 0 aromatic heterocycles. The summed E-state index contributed by atoms with van der Waals surface area (Å²) in [4.78, 5) is 66.4. The number of Topliss-reactive ketones (excluding diaryl/α,β-unsaturated/α-hetero) is 3. The molecule has 10 nitrogen and oxygen atoms in total. The Labute approximate surface area is 328 Å². The van der Waals surface area contributed by atoms with Crippen LogP contribution in [0.25, 0.3) is 0 Å². The first-order valence-corrected chi connectivity index (χ1v) is 20.0. The highest BCUT2D eigenvalue weighted by molar-refractivity contribution is 6.06. The van der Waals surface area contributed by atoms with E-state index in [9.17, 15) is 39.3 Å². The van der Waals surface area contributed by atoms with Crippen molar-refractivity contribution in [2.45, 2.75) is 114 Å². The zero-order valence-corrected chi connectivity index (χ0v) is 32.7. The van der Waals surface area contributed by atoms with Crippen LogP contribution >= 0.6 is 0 Å². The molecule has 0 bridgehead atoms. The minimum Gasteiger partial charge on any atom is -0.469 e. The van der Waals surface area contributed by atoms with Gasteiger partial charge in [-0.15, -0.1) is 0 Å². The molecule has 6 atom stereocenters. The van der Waals surface area contributed by atoms with E-state index in [4.69, 9.17) is 9.47 Å². The number of benzene rings is 3. The second kappa shape index (κ2) is 16.9. The number of methoxy groups -OCH3 is 2. The lowest BCUT2D eigenvalue weighted by Gasteiger charge is -2.37. The first-order chi connectivity index (χ1) is 26.7. The molecule has 3 aromatic rings. The van der Waals surface area contributed by atoms with Crippen LogP contribution in [-0.2, 0) is 31.9 Å². The van der Waals surface area contributed by atoms with Crippen LogP contribution in [0.2, 0.25) is 0 Å². The Morgan fingerprint density at radius 3 is 1.45 bits per heavy atom. The van der Waals surface area contributed by atoms with Crippen molar-refractivity contribution >= 4 is 29.3 Å². The summed E-state index contributed by atoms with van der Waals surface area (Å²) in [7, 11) is 2.51. The molecule has 0 saturated heterocycles. The Balaban J connectivity index is 1.24. The van der Waals surface area contributed by atoms with Crippen LogP contribution in [-0.4, -0.2) is 75.6 Å². The molecule has 3 aliphatic rings. The van der Waals surface area contributed by atoms with Crippen molar-refractivity contribution in [3.63, 3.8) is 0 Å². The molecule has 10 heteroatoms. The Morgan fingerprint density at radius 1 is 0.554 bits per heavy atom. The SMILES string of the molecule is COC(=O)C1CCCCC1(O)C(=O)c1ccc(Cc2ccc(Cc3ccc(C(=O)C4(O)CCCCC4C(=O)OC)cc3)c(C(=O)C3(O)CCCCC3C)c2)cc1. The summed E-state index contributed by atoms with van der Waals surface area (Å²) < 4.78 is 9.81. The van der Waals surface area contributed by atoms with E-state index < -0.39 is 52.1 Å². The number of rotatable bonds is 12. The normalized spacial score (nSPS) is 27.9. The van der Waals surface area contributed by atoms with Crippen molar-refractivity contribution in [1.29, 1.82) is 0 Å². The number of hydrogen-bond donors (Lipinski definition) is 3. The average Bonchev–Trinajstić information content (AvgIpc) is 3.22. The topological polar surface area (TPSA) is 164 Å². The Hall–Kier alpha value is -4.51. The predicted molar refractivity (Wildman–Crippen MR) is 208 cm³/mol. The molecule has 6 rings (SSSR count). The second-order valence-corrected chi connectivity index (χ2v) is 16.3. The van der Waals surface area contributed by atoms with Gasteiger partial charge in [0.2, 0.25) is 0 Å². The van der Waals surface area contributed by atoms with E-state index in [1.807, 2.05) is 25.1 Å². The number of esters is 2. The highest BCUT2D eigenvalue weighted by Crippen LogP contribution is 2.40. The second-order valence-electron chi connectivity index (χ2n) is 16.3. The third kappa shape index (κ3) is 8.02. The zero-order chi connectivity index (χ0) is 40.3. The number of carbonyl (C=O) groups excluding carboxylic acids is 5. The van der Waals surface area contributed by atoms with Gasteiger partial charge in [0.05, 0.1) is 26.1 Å². The van der Waals surface area contributed by atoms with E-state index in [0.717, 1.165) is 54.4 Å². The smallest absolute Gasteiger partial charge is 0.312 e. The quantitative estimate of drug-likeness (QED) is 0.136. The minimum atomic E-state index is -1.84. The number of ether oxygens (including phenoxy) is 2. The third-order valence-electron chi connectivity index (χ3n) is 12.8. The number of hydrogen-bond acceptors (Lipinski definition) is 10. The maximum Gasteiger partial charge on any atom is 0.312 e. The molecule has 0 amide bonds. The number of carbonyl (C=O) groups is 5. The summed E-state index contributed by atoms with van der Waals surface area (Å²) in [5, 5.41) is 34.7. The van der Waals surface area contributed by atoms with Crippen molar-refractivity contribution in [3.8, 4) is 0 Å². The van der Waals surface area contributed by atoms with E-state index in [2.05, 4.69) is 0 Å². The third-order valence-corrected chi connectivity index (χ3v) is 12.8. The largest absolute Gasteiger partial charge is 0.469 e. The van der Waals surface area contributed by atoms with E-state index in [1.165, 1.54) is 14.2 Å². The van der Waals surface area contributed by atoms with Crippen LogP contribution in [0.3, 0.4) is 0 Å². The summed E-state index contributed by atoms with van der Waals surface area (Å²) in [6, 6.07) is 19.4. The van der Waals surface area contributed by atoms with Crippen LogP contribution in [0.5, 0.6) is 0 Å². The summed E-state index contributed by atoms with van der Waals surface area (Å²) >= 11 is 0. The Morgan fingerprint density at radius 2 is 0.982 bits per heavy atom. The molecule has 0 aliphatic heterocycles. The summed E-state index contributed by atoms with van der Waals surface area (Å²) in [6.07, 6.45) is 7.43. The standard InChI is InChI=1S/C46H54O10/c1-29-10-4-7-23-44(29,52)41(49)36-28-32(26-30-13-18-33(19-14-30)39(47)45(53)24-8-5-11-37(45)42(50)55-2)17-22-35(36)27-31-15-20-34(21-16-31)40(48)46(54)25-9-6-12-38(46)43(51)56-3/h13-22,28-29,37-38,52-54H,4-12,23-27H2,1-3H3. The Kier molecular flexibility index (Phi) is 12.4. The highest BCUT2D eigenvalue weighted by atomic mass is 16.5. The maximum atomic E-state index is 14.4. The summed E-state index contributed by atoms with van der Waals surface area (Å²) in [6.45, 7) is 1.92. The van der Waals surface area contributed by atoms with Crippen LogP contribution < -0.4 is 0 Å². The molecule has 0 spiro atoms. The molecule has 3 N–H and O–H groups in total. The fourth-order valence-electron chi connectivity index (χ4n) is 9.27. The molecule has 298 valence electrons. The summed E-state index contributed by atoms with van der Waals surface area (Å²) in [5.41, 5.74) is -0.905. The van der Waals surface area contributed by atoms with E-state index in [0.29, 0.717) is 56.1 Å². The molecular formula is C46H54O10. The lowest BCUT2D eigenvalue weighted by atomic mass is 9.71. The van der Waals surface area contributed by atoms with Gasteiger partial charge in [0.1, 0.15) is 16.8 Å². The summed E-state index contributed by atoms with van der Waals surface area (Å²) in [5.74, 6) is -4.57. The van der Waals surface area contributed by atoms with Gasteiger partial charge in [0, 0.05) is 16.7 Å². The van der Waals surface area contributed by atoms with E-state index >= 15 is 0 Å². The van der Waals surface area contributed by atoms with Gasteiger partial charge < -0.3 is 24.8 Å². The molecule has 3 aliphatic carbocycles. The maximum absolute atomic E-state index is 14.4. The van der Waals surface area contributed by atoms with Crippen LogP contribution in [0.4, 0.5) is 0 Å². The van der Waals surface area contributed by atoms with Gasteiger partial charge >= 0.3 is 11.9 Å². The van der Waals surface area contributed by atoms with Crippen LogP contribution in [0, 0.1) is 17.8 Å². The van der Waals surface area contributed by atoms with Gasteiger partial charge in [0.15, 0.2) is 17.3 Å². The van der Waals surface area contributed by atoms with Crippen molar-refractivity contribution in [3.05, 3.63) is 106 Å². The molecule has 0 heterocycles. The molecule has 3 fully saturated rings. The van der Waals surface area contributed by atoms with Gasteiger partial charge in [0.25, 0.3) is 0 Å². The Bertz CT molecular complexity index is 1950. The van der Waals surface area contributed by atoms with Crippen molar-refractivity contribution in [2.24, 2.45) is 17.8 Å². The molecule has 56 heavy (non-hydrogen) atoms. The average molecular weight is 767 g/mol. The molecule has 6 unspecified atom stereocenters. The first-order valence-electron chi connectivity index (χ1n) is 20.0. The number of ketones is 3. The van der Waals surface area contributed by atoms with Gasteiger partial charge in [-0.05, 0) is 85.6 Å². The van der Waals surface area contributed by atoms with Crippen LogP contribution in [0.15, 0.2) is 66.7 Å². The highest BCUT2D eigenvalue weighted by Gasteiger charge is 2.51.